The minimum absolute atomic E-state index is 0.0936. The molecule has 0 bridgehead atoms. The minimum Gasteiger partial charge on any atom is -0.496 e. The largest absolute Gasteiger partial charge is 0.496 e. The fraction of sp³-hybridized carbons (Fsp3) is 0.600. The van der Waals surface area contributed by atoms with Crippen LogP contribution < -0.4 is 10.1 Å². The lowest BCUT2D eigenvalue weighted by atomic mass is 10.0. The van der Waals surface area contributed by atoms with Crippen LogP contribution in [0.15, 0.2) is 18.2 Å². The number of nitrogens with one attached hydrogen (secondary N) is 1. The number of nitrogens with zero attached hydrogens (tertiary/aromatic N) is 1. The molecular weight excluding hydrogens is 259 g/mol. The van der Waals surface area contributed by atoms with E-state index < -0.39 is 0 Å². The van der Waals surface area contributed by atoms with Crippen molar-refractivity contribution in [3.8, 4) is 5.75 Å². The van der Waals surface area contributed by atoms with Crippen molar-refractivity contribution in [2.75, 3.05) is 33.8 Å². The van der Waals surface area contributed by atoms with Crippen molar-refractivity contribution in [2.45, 2.75) is 25.0 Å². The maximum Gasteiger partial charge on any atom is 0.131 e. The first-order valence-corrected chi connectivity index (χ1v) is 7.05. The Labute approximate surface area is 119 Å². The SMILES string of the molecule is CNC(CCN1CCC(O)C1)c1c(F)cccc1OC. The van der Waals surface area contributed by atoms with E-state index in [1.807, 2.05) is 7.05 Å². The first kappa shape index (κ1) is 15.2. The smallest absolute Gasteiger partial charge is 0.131 e. The fourth-order valence-electron chi connectivity index (χ4n) is 2.79. The van der Waals surface area contributed by atoms with Crippen LogP contribution in [0.3, 0.4) is 0 Å². The summed E-state index contributed by atoms with van der Waals surface area (Å²) in [6.45, 7) is 2.46. The number of hydrogen-bond donors (Lipinski definition) is 2. The Hall–Kier alpha value is -1.17. The predicted octanol–water partition coefficient (Wildman–Crippen LogP) is 1.55. The molecule has 1 aliphatic rings. The first-order chi connectivity index (χ1) is 9.65. The van der Waals surface area contributed by atoms with Crippen LogP contribution in [-0.2, 0) is 0 Å². The van der Waals surface area contributed by atoms with Crippen molar-refractivity contribution in [2.24, 2.45) is 0 Å². The van der Waals surface area contributed by atoms with Gasteiger partial charge in [0.25, 0.3) is 0 Å². The summed E-state index contributed by atoms with van der Waals surface area (Å²) in [5.74, 6) is 0.330. The van der Waals surface area contributed by atoms with E-state index in [9.17, 15) is 9.50 Å². The van der Waals surface area contributed by atoms with Gasteiger partial charge < -0.3 is 20.1 Å². The lowest BCUT2D eigenvalue weighted by molar-refractivity contribution is 0.174. The zero-order chi connectivity index (χ0) is 14.5. The van der Waals surface area contributed by atoms with E-state index in [0.29, 0.717) is 17.9 Å². The summed E-state index contributed by atoms with van der Waals surface area (Å²) >= 11 is 0. The van der Waals surface area contributed by atoms with Gasteiger partial charge in [0.05, 0.1) is 13.2 Å². The Kier molecular flexibility index (Phi) is 5.34. The van der Waals surface area contributed by atoms with Gasteiger partial charge in [0.15, 0.2) is 0 Å². The highest BCUT2D eigenvalue weighted by molar-refractivity contribution is 5.37. The zero-order valence-electron chi connectivity index (χ0n) is 12.1. The van der Waals surface area contributed by atoms with Crippen molar-refractivity contribution in [1.29, 1.82) is 0 Å². The summed E-state index contributed by atoms with van der Waals surface area (Å²) in [7, 11) is 3.39. The third-order valence-electron chi connectivity index (χ3n) is 3.91. The van der Waals surface area contributed by atoms with Gasteiger partial charge in [-0.25, -0.2) is 4.39 Å². The van der Waals surface area contributed by atoms with E-state index in [4.69, 9.17) is 4.74 Å². The van der Waals surface area contributed by atoms with Gasteiger partial charge in [-0.1, -0.05) is 6.07 Å². The average molecular weight is 282 g/mol. The summed E-state index contributed by atoms with van der Waals surface area (Å²) in [6, 6.07) is 4.80. The summed E-state index contributed by atoms with van der Waals surface area (Å²) in [4.78, 5) is 2.21. The van der Waals surface area contributed by atoms with Crippen molar-refractivity contribution in [1.82, 2.24) is 10.2 Å². The van der Waals surface area contributed by atoms with Gasteiger partial charge in [0, 0.05) is 31.2 Å². The third-order valence-corrected chi connectivity index (χ3v) is 3.91. The molecule has 1 heterocycles. The highest BCUT2D eigenvalue weighted by Crippen LogP contribution is 2.30. The number of rotatable bonds is 6. The van der Waals surface area contributed by atoms with Gasteiger partial charge in [0.1, 0.15) is 11.6 Å². The average Bonchev–Trinajstić information content (AvgIpc) is 2.86. The van der Waals surface area contributed by atoms with Crippen molar-refractivity contribution in [3.63, 3.8) is 0 Å². The minimum atomic E-state index is -0.245. The van der Waals surface area contributed by atoms with Crippen LogP contribution in [0.2, 0.25) is 0 Å². The van der Waals surface area contributed by atoms with E-state index in [1.165, 1.54) is 6.07 Å². The number of aliphatic hydroxyl groups excluding tert-OH is 1. The normalized spacial score (nSPS) is 21.1. The molecule has 1 saturated heterocycles. The number of halogens is 1. The Morgan fingerprint density at radius 3 is 2.95 bits per heavy atom. The standard InChI is InChI=1S/C15H23FN2O2/c1-17-13(7-9-18-8-6-11(19)10-18)15-12(16)4-3-5-14(15)20-2/h3-5,11,13,17,19H,6-10H2,1-2H3. The van der Waals surface area contributed by atoms with Crippen LogP contribution in [0.5, 0.6) is 5.75 Å². The number of likely N-dealkylation sites (tertiary alicyclic amines) is 1. The highest BCUT2D eigenvalue weighted by Gasteiger charge is 2.23. The molecule has 112 valence electrons. The van der Waals surface area contributed by atoms with Gasteiger partial charge in [0.2, 0.25) is 0 Å². The first-order valence-electron chi connectivity index (χ1n) is 7.05. The molecule has 0 aromatic heterocycles. The van der Waals surface area contributed by atoms with Crippen LogP contribution in [-0.4, -0.2) is 49.9 Å². The zero-order valence-corrected chi connectivity index (χ0v) is 12.1. The molecule has 0 radical (unpaired) electrons. The van der Waals surface area contributed by atoms with Crippen molar-refractivity contribution in [3.05, 3.63) is 29.6 Å². The van der Waals surface area contributed by atoms with E-state index in [2.05, 4.69) is 10.2 Å². The van der Waals surface area contributed by atoms with Gasteiger partial charge in [-0.2, -0.15) is 0 Å². The van der Waals surface area contributed by atoms with Gasteiger partial charge in [-0.3, -0.25) is 0 Å². The molecule has 4 nitrogen and oxygen atoms in total. The predicted molar refractivity (Wildman–Crippen MR) is 76.4 cm³/mol. The molecule has 1 fully saturated rings. The molecular formula is C15H23FN2O2. The number of ether oxygens (including phenoxy) is 1. The molecule has 0 amide bonds. The quantitative estimate of drug-likeness (QED) is 0.831. The number of aliphatic hydroxyl groups is 1. The van der Waals surface area contributed by atoms with E-state index >= 15 is 0 Å². The molecule has 1 aliphatic heterocycles. The highest BCUT2D eigenvalue weighted by atomic mass is 19.1. The molecule has 0 aliphatic carbocycles. The van der Waals surface area contributed by atoms with Gasteiger partial charge in [-0.05, 0) is 32.0 Å². The molecule has 2 rings (SSSR count). The molecule has 1 aromatic rings. The molecule has 2 atom stereocenters. The third kappa shape index (κ3) is 3.48. The second kappa shape index (κ2) is 7.02. The molecule has 0 spiro atoms. The van der Waals surface area contributed by atoms with Gasteiger partial charge in [-0.15, -0.1) is 0 Å². The topological polar surface area (TPSA) is 44.7 Å². The van der Waals surface area contributed by atoms with Gasteiger partial charge >= 0.3 is 0 Å². The van der Waals surface area contributed by atoms with Crippen LogP contribution >= 0.6 is 0 Å². The Morgan fingerprint density at radius 1 is 1.55 bits per heavy atom. The van der Waals surface area contributed by atoms with E-state index in [1.54, 1.807) is 19.2 Å². The molecule has 20 heavy (non-hydrogen) atoms. The Morgan fingerprint density at radius 2 is 2.35 bits per heavy atom. The lowest BCUT2D eigenvalue weighted by Gasteiger charge is -2.23. The number of hydrogen-bond acceptors (Lipinski definition) is 4. The Balaban J connectivity index is 2.04. The van der Waals surface area contributed by atoms with Crippen LogP contribution in [0.4, 0.5) is 4.39 Å². The second-order valence-electron chi connectivity index (χ2n) is 5.23. The van der Waals surface area contributed by atoms with Crippen LogP contribution in [0, 0.1) is 5.82 Å². The van der Waals surface area contributed by atoms with Crippen molar-refractivity contribution < 1.29 is 14.2 Å². The second-order valence-corrected chi connectivity index (χ2v) is 5.23. The summed E-state index contributed by atoms with van der Waals surface area (Å²) in [5, 5.41) is 12.7. The number of β-amino-alcohol motifs (C(OH)–C–C–N with tert-alkyl or cyclic N) is 1. The number of benzene rings is 1. The molecule has 5 heteroatoms. The molecule has 2 N–H and O–H groups in total. The molecule has 2 unspecified atom stereocenters. The van der Waals surface area contributed by atoms with Crippen LogP contribution in [0.25, 0.3) is 0 Å². The summed E-state index contributed by atoms with van der Waals surface area (Å²) in [6.07, 6.45) is 1.39. The fourth-order valence-corrected chi connectivity index (χ4v) is 2.79. The molecule has 0 saturated carbocycles. The monoisotopic (exact) mass is 282 g/mol. The van der Waals surface area contributed by atoms with Crippen molar-refractivity contribution >= 4 is 0 Å². The maximum absolute atomic E-state index is 14.1. The van der Waals surface area contributed by atoms with E-state index in [0.717, 1.165) is 25.9 Å². The Bertz CT molecular complexity index is 442. The van der Waals surface area contributed by atoms with E-state index in [-0.39, 0.29) is 18.0 Å². The lowest BCUT2D eigenvalue weighted by Crippen LogP contribution is -2.28. The van der Waals surface area contributed by atoms with Crippen LogP contribution in [0.1, 0.15) is 24.4 Å². The molecule has 1 aromatic carbocycles. The summed E-state index contributed by atoms with van der Waals surface area (Å²) < 4.78 is 19.3. The maximum atomic E-state index is 14.1. The number of methoxy groups -OCH3 is 1. The summed E-state index contributed by atoms with van der Waals surface area (Å²) in [5.41, 5.74) is 0.581.